The minimum absolute atomic E-state index is 0.0436. The molecule has 27 heavy (non-hydrogen) atoms. The zero-order chi connectivity index (χ0) is 18.8. The molecule has 0 aliphatic heterocycles. The third-order valence-corrected chi connectivity index (χ3v) is 4.55. The van der Waals surface area contributed by atoms with Gasteiger partial charge in [-0.25, -0.2) is 4.39 Å². The molecule has 4 rings (SSSR count). The van der Waals surface area contributed by atoms with Gasteiger partial charge >= 0.3 is 0 Å². The number of benzene rings is 1. The fraction of sp³-hybridized carbons (Fsp3) is 0.333. The van der Waals surface area contributed by atoms with Gasteiger partial charge in [0.05, 0.1) is 0 Å². The highest BCUT2D eigenvalue weighted by molar-refractivity contribution is 5.92. The molecule has 0 spiro atoms. The Labute approximate surface area is 153 Å². The van der Waals surface area contributed by atoms with Gasteiger partial charge < -0.3 is 19.4 Å². The molecule has 1 aromatic carbocycles. The van der Waals surface area contributed by atoms with Crippen LogP contribution in [0.4, 0.5) is 4.39 Å². The van der Waals surface area contributed by atoms with Crippen molar-refractivity contribution in [2.45, 2.75) is 31.9 Å². The van der Waals surface area contributed by atoms with Gasteiger partial charge in [-0.2, -0.15) is 0 Å². The van der Waals surface area contributed by atoms with Crippen molar-refractivity contribution >= 4 is 5.91 Å². The van der Waals surface area contributed by atoms with Gasteiger partial charge in [0, 0.05) is 24.1 Å². The summed E-state index contributed by atoms with van der Waals surface area (Å²) in [6.07, 6.45) is 2.21. The summed E-state index contributed by atoms with van der Waals surface area (Å²) in [7, 11) is 0. The SMILES string of the molecule is O=C(N[C@H]1C[C@@H](Cc2nnc(CO)o2)C1)c1cc(-c2ccc(F)cc2)no1. The molecule has 1 aliphatic carbocycles. The number of rotatable bonds is 6. The minimum atomic E-state index is -0.340. The number of carbonyl (C=O) groups is 1. The van der Waals surface area contributed by atoms with Crippen LogP contribution >= 0.6 is 0 Å². The van der Waals surface area contributed by atoms with Gasteiger partial charge in [-0.1, -0.05) is 5.16 Å². The molecule has 0 atom stereocenters. The Hall–Kier alpha value is -3.07. The first-order valence-corrected chi connectivity index (χ1v) is 8.56. The lowest BCUT2D eigenvalue weighted by Crippen LogP contribution is -2.44. The number of nitrogens with zero attached hydrogens (tertiary/aromatic N) is 3. The van der Waals surface area contributed by atoms with Crippen LogP contribution in [0.15, 0.2) is 39.3 Å². The molecule has 140 valence electrons. The van der Waals surface area contributed by atoms with E-state index in [1.807, 2.05) is 0 Å². The third kappa shape index (κ3) is 3.87. The summed E-state index contributed by atoms with van der Waals surface area (Å²) in [6.45, 7) is -0.270. The monoisotopic (exact) mass is 372 g/mol. The highest BCUT2D eigenvalue weighted by Gasteiger charge is 2.32. The lowest BCUT2D eigenvalue weighted by atomic mass is 9.78. The van der Waals surface area contributed by atoms with Crippen LogP contribution in [-0.2, 0) is 13.0 Å². The fourth-order valence-electron chi connectivity index (χ4n) is 3.10. The van der Waals surface area contributed by atoms with Gasteiger partial charge in [0.1, 0.15) is 18.1 Å². The van der Waals surface area contributed by atoms with Crippen molar-refractivity contribution in [3.63, 3.8) is 0 Å². The molecular weight excluding hydrogens is 355 g/mol. The van der Waals surface area contributed by atoms with Crippen LogP contribution in [0.1, 0.15) is 35.2 Å². The highest BCUT2D eigenvalue weighted by atomic mass is 19.1. The van der Waals surface area contributed by atoms with Crippen molar-refractivity contribution in [1.82, 2.24) is 20.7 Å². The fourth-order valence-corrected chi connectivity index (χ4v) is 3.10. The molecule has 3 aromatic rings. The maximum Gasteiger partial charge on any atom is 0.290 e. The summed E-state index contributed by atoms with van der Waals surface area (Å²) in [6, 6.07) is 7.38. The van der Waals surface area contributed by atoms with Crippen molar-refractivity contribution in [2.24, 2.45) is 5.92 Å². The number of halogens is 1. The summed E-state index contributed by atoms with van der Waals surface area (Å²) >= 11 is 0. The van der Waals surface area contributed by atoms with E-state index in [0.29, 0.717) is 29.5 Å². The Morgan fingerprint density at radius 1 is 1.22 bits per heavy atom. The summed E-state index contributed by atoms with van der Waals surface area (Å²) in [5.74, 6) is 0.478. The lowest BCUT2D eigenvalue weighted by Gasteiger charge is -2.34. The van der Waals surface area contributed by atoms with Crippen molar-refractivity contribution < 1.29 is 23.2 Å². The number of nitrogens with one attached hydrogen (secondary N) is 1. The molecule has 2 heterocycles. The van der Waals surface area contributed by atoms with Crippen LogP contribution in [0.25, 0.3) is 11.3 Å². The molecule has 1 fully saturated rings. The van der Waals surface area contributed by atoms with Gasteiger partial charge in [-0.05, 0) is 43.0 Å². The Bertz CT molecular complexity index is 931. The number of hydrogen-bond acceptors (Lipinski definition) is 7. The largest absolute Gasteiger partial charge is 0.423 e. The second kappa shape index (κ2) is 7.28. The number of aliphatic hydroxyl groups excluding tert-OH is 1. The first-order valence-electron chi connectivity index (χ1n) is 8.56. The first-order chi connectivity index (χ1) is 13.1. The Balaban J connectivity index is 1.28. The summed E-state index contributed by atoms with van der Waals surface area (Å²) in [4.78, 5) is 12.3. The number of amides is 1. The van der Waals surface area contributed by atoms with Crippen LogP contribution in [0.5, 0.6) is 0 Å². The van der Waals surface area contributed by atoms with Crippen molar-refractivity contribution in [1.29, 1.82) is 0 Å². The third-order valence-electron chi connectivity index (χ3n) is 4.55. The molecule has 1 amide bonds. The summed E-state index contributed by atoms with van der Waals surface area (Å²) in [5.41, 5.74) is 1.15. The van der Waals surface area contributed by atoms with E-state index in [-0.39, 0.29) is 36.0 Å². The van der Waals surface area contributed by atoms with Gasteiger partial charge in [0.2, 0.25) is 17.5 Å². The number of aromatic nitrogens is 3. The van der Waals surface area contributed by atoms with Gasteiger partial charge in [-0.15, -0.1) is 10.2 Å². The minimum Gasteiger partial charge on any atom is -0.423 e. The number of hydrogen-bond donors (Lipinski definition) is 2. The van der Waals surface area contributed by atoms with E-state index in [0.717, 1.165) is 12.8 Å². The first kappa shape index (κ1) is 17.3. The highest BCUT2D eigenvalue weighted by Crippen LogP contribution is 2.30. The number of carbonyl (C=O) groups excluding carboxylic acids is 1. The van der Waals surface area contributed by atoms with Crippen molar-refractivity contribution in [3.8, 4) is 11.3 Å². The Morgan fingerprint density at radius 3 is 2.67 bits per heavy atom. The topological polar surface area (TPSA) is 114 Å². The van der Waals surface area contributed by atoms with Crippen LogP contribution < -0.4 is 5.32 Å². The predicted octanol–water partition coefficient (Wildman–Crippen LogP) is 2.11. The normalized spacial score (nSPS) is 18.9. The molecule has 1 aliphatic rings. The molecule has 0 saturated heterocycles. The lowest BCUT2D eigenvalue weighted by molar-refractivity contribution is 0.0849. The van der Waals surface area contributed by atoms with Gasteiger partial charge in [0.25, 0.3) is 5.91 Å². The molecule has 2 aromatic heterocycles. The van der Waals surface area contributed by atoms with Crippen molar-refractivity contribution in [2.75, 3.05) is 0 Å². The van der Waals surface area contributed by atoms with Crippen LogP contribution in [0.3, 0.4) is 0 Å². The molecular formula is C18H17FN4O4. The molecule has 0 radical (unpaired) electrons. The van der Waals surface area contributed by atoms with Crippen LogP contribution in [-0.4, -0.2) is 32.4 Å². The average molecular weight is 372 g/mol. The van der Waals surface area contributed by atoms with Crippen LogP contribution in [0.2, 0.25) is 0 Å². The maximum atomic E-state index is 13.0. The van der Waals surface area contributed by atoms with E-state index >= 15 is 0 Å². The Morgan fingerprint density at radius 2 is 1.96 bits per heavy atom. The molecule has 2 N–H and O–H groups in total. The van der Waals surface area contributed by atoms with E-state index in [9.17, 15) is 9.18 Å². The van der Waals surface area contributed by atoms with Crippen molar-refractivity contribution in [3.05, 3.63) is 53.7 Å². The second-order valence-electron chi connectivity index (χ2n) is 6.54. The standard InChI is InChI=1S/C18H17FN4O4/c19-12-3-1-11(2-4-12)14-8-15(27-23-14)18(25)20-13-5-10(6-13)7-16-21-22-17(9-24)26-16/h1-4,8,10,13,24H,5-7,9H2,(H,20,25)/t10-,13+. The summed E-state index contributed by atoms with van der Waals surface area (Å²) in [5, 5.41) is 23.3. The van der Waals surface area contributed by atoms with E-state index in [1.165, 1.54) is 18.2 Å². The summed E-state index contributed by atoms with van der Waals surface area (Å²) < 4.78 is 23.4. The molecule has 0 bridgehead atoms. The smallest absolute Gasteiger partial charge is 0.290 e. The molecule has 9 heteroatoms. The zero-order valence-corrected chi connectivity index (χ0v) is 14.3. The Kier molecular flexibility index (Phi) is 4.68. The molecule has 1 saturated carbocycles. The quantitative estimate of drug-likeness (QED) is 0.681. The predicted molar refractivity (Wildman–Crippen MR) is 89.8 cm³/mol. The zero-order valence-electron chi connectivity index (χ0n) is 14.3. The average Bonchev–Trinajstić information content (AvgIpc) is 3.30. The van der Waals surface area contributed by atoms with Crippen LogP contribution in [0, 0.1) is 11.7 Å². The maximum absolute atomic E-state index is 13.0. The number of aliphatic hydroxyl groups is 1. The van der Waals surface area contributed by atoms with E-state index in [2.05, 4.69) is 20.7 Å². The molecule has 8 nitrogen and oxygen atoms in total. The van der Waals surface area contributed by atoms with E-state index in [4.69, 9.17) is 14.0 Å². The van der Waals surface area contributed by atoms with E-state index < -0.39 is 0 Å². The van der Waals surface area contributed by atoms with E-state index in [1.54, 1.807) is 12.1 Å². The van der Waals surface area contributed by atoms with Gasteiger partial charge in [0.15, 0.2) is 0 Å². The second-order valence-corrected chi connectivity index (χ2v) is 6.54. The molecule has 0 unspecified atom stereocenters. The van der Waals surface area contributed by atoms with Gasteiger partial charge in [-0.3, -0.25) is 4.79 Å².